The summed E-state index contributed by atoms with van der Waals surface area (Å²) in [7, 11) is 0. The summed E-state index contributed by atoms with van der Waals surface area (Å²) in [5.74, 6) is -0.387. The smallest absolute Gasteiger partial charge is 0.333 e. The lowest BCUT2D eigenvalue weighted by Gasteiger charge is -2.21. The lowest BCUT2D eigenvalue weighted by Crippen LogP contribution is -2.33. The van der Waals surface area contributed by atoms with Crippen LogP contribution >= 0.6 is 0 Å². The minimum absolute atomic E-state index is 0.0479. The third-order valence-electron chi connectivity index (χ3n) is 3.13. The maximum Gasteiger partial charge on any atom is 0.333 e. The first-order valence-electron chi connectivity index (χ1n) is 7.94. The Morgan fingerprint density at radius 1 is 1.09 bits per heavy atom. The predicted molar refractivity (Wildman–Crippen MR) is 85.0 cm³/mol. The van der Waals surface area contributed by atoms with E-state index in [4.69, 9.17) is 19.3 Å². The monoisotopic (exact) mass is 334 g/mol. The summed E-state index contributed by atoms with van der Waals surface area (Å²) >= 11 is 0. The second-order valence-electron chi connectivity index (χ2n) is 5.26. The lowest BCUT2D eigenvalue weighted by atomic mass is 10.1. The van der Waals surface area contributed by atoms with Crippen LogP contribution in [0.15, 0.2) is 12.2 Å². The van der Waals surface area contributed by atoms with Gasteiger partial charge in [0.15, 0.2) is 0 Å². The molecule has 2 atom stereocenters. The molecule has 0 aliphatic rings. The second-order valence-corrected chi connectivity index (χ2v) is 5.26. The molecule has 23 heavy (non-hydrogen) atoms. The van der Waals surface area contributed by atoms with Crippen LogP contribution in [-0.2, 0) is 19.0 Å². The van der Waals surface area contributed by atoms with E-state index in [0.29, 0.717) is 31.6 Å². The van der Waals surface area contributed by atoms with Gasteiger partial charge in [-0.05, 0) is 26.2 Å². The number of esters is 1. The average molecular weight is 334 g/mol. The minimum Gasteiger partial charge on any atom is -0.462 e. The molecule has 7 nitrogen and oxygen atoms in total. The highest BCUT2D eigenvalue weighted by molar-refractivity contribution is 5.86. The van der Waals surface area contributed by atoms with Crippen LogP contribution in [0.3, 0.4) is 0 Å². The predicted octanol–water partition coefficient (Wildman–Crippen LogP) is 0.413. The van der Waals surface area contributed by atoms with Gasteiger partial charge in [0.05, 0.1) is 45.7 Å². The van der Waals surface area contributed by atoms with E-state index in [0.717, 1.165) is 12.8 Å². The summed E-state index contributed by atoms with van der Waals surface area (Å²) in [5, 5.41) is 27.7. The maximum atomic E-state index is 11.1. The number of carbonyl (C=O) groups excluding carboxylic acids is 1. The van der Waals surface area contributed by atoms with Crippen molar-refractivity contribution >= 4 is 5.97 Å². The molecule has 0 aliphatic carbocycles. The molecule has 136 valence electrons. The molecule has 0 heterocycles. The molecule has 0 aliphatic heterocycles. The first-order chi connectivity index (χ1) is 11.0. The second kappa shape index (κ2) is 14.6. The Labute approximate surface area is 137 Å². The number of aliphatic hydroxyl groups excluding tert-OH is 3. The quantitative estimate of drug-likeness (QED) is 0.226. The highest BCUT2D eigenvalue weighted by atomic mass is 16.5. The summed E-state index contributed by atoms with van der Waals surface area (Å²) in [4.78, 5) is 11.1. The molecular weight excluding hydrogens is 304 g/mol. The van der Waals surface area contributed by atoms with Crippen LogP contribution in [0.5, 0.6) is 0 Å². The van der Waals surface area contributed by atoms with Crippen molar-refractivity contribution in [1.82, 2.24) is 0 Å². The summed E-state index contributed by atoms with van der Waals surface area (Å²) < 4.78 is 15.4. The Bertz CT molecular complexity index is 320. The molecule has 0 aromatic carbocycles. The van der Waals surface area contributed by atoms with Crippen LogP contribution in [0.2, 0.25) is 0 Å². The van der Waals surface area contributed by atoms with Crippen LogP contribution in [-0.4, -0.2) is 73.1 Å². The molecule has 0 saturated carbocycles. The fraction of sp³-hybridized carbons (Fsp3) is 0.812. The van der Waals surface area contributed by atoms with E-state index < -0.39 is 12.2 Å². The van der Waals surface area contributed by atoms with Crippen molar-refractivity contribution < 1.29 is 34.3 Å². The van der Waals surface area contributed by atoms with Gasteiger partial charge in [-0.25, -0.2) is 4.79 Å². The van der Waals surface area contributed by atoms with E-state index in [9.17, 15) is 15.0 Å². The molecule has 0 rings (SSSR count). The zero-order valence-electron chi connectivity index (χ0n) is 13.9. The van der Waals surface area contributed by atoms with Gasteiger partial charge >= 0.3 is 5.97 Å². The number of aliphatic hydroxyl groups is 3. The molecular formula is C16H30O7. The topological polar surface area (TPSA) is 105 Å². The Kier molecular flexibility index (Phi) is 14.0. The van der Waals surface area contributed by atoms with Gasteiger partial charge in [0, 0.05) is 5.57 Å². The third kappa shape index (κ3) is 12.1. The van der Waals surface area contributed by atoms with Gasteiger partial charge in [-0.15, -0.1) is 0 Å². The lowest BCUT2D eigenvalue weighted by molar-refractivity contribution is -0.139. The van der Waals surface area contributed by atoms with Crippen molar-refractivity contribution in [3.05, 3.63) is 12.2 Å². The van der Waals surface area contributed by atoms with Gasteiger partial charge in [-0.3, -0.25) is 0 Å². The van der Waals surface area contributed by atoms with Gasteiger partial charge in [0.2, 0.25) is 0 Å². The van der Waals surface area contributed by atoms with E-state index in [2.05, 4.69) is 6.58 Å². The molecule has 0 amide bonds. The van der Waals surface area contributed by atoms with Crippen molar-refractivity contribution in [3.63, 3.8) is 0 Å². The number of unbranched alkanes of at least 4 members (excludes halogenated alkanes) is 2. The minimum atomic E-state index is -0.754. The summed E-state index contributed by atoms with van der Waals surface area (Å²) in [6, 6.07) is 0. The van der Waals surface area contributed by atoms with E-state index in [-0.39, 0.29) is 32.4 Å². The fourth-order valence-corrected chi connectivity index (χ4v) is 1.82. The molecule has 0 bridgehead atoms. The van der Waals surface area contributed by atoms with Gasteiger partial charge in [-0.1, -0.05) is 13.0 Å². The zero-order chi connectivity index (χ0) is 17.5. The molecule has 0 saturated heterocycles. The van der Waals surface area contributed by atoms with Crippen molar-refractivity contribution in [3.8, 4) is 0 Å². The van der Waals surface area contributed by atoms with Crippen molar-refractivity contribution in [1.29, 1.82) is 0 Å². The Morgan fingerprint density at radius 3 is 2.43 bits per heavy atom. The van der Waals surface area contributed by atoms with Crippen molar-refractivity contribution in [2.75, 3.05) is 39.6 Å². The third-order valence-corrected chi connectivity index (χ3v) is 3.13. The van der Waals surface area contributed by atoms with Gasteiger partial charge in [-0.2, -0.15) is 0 Å². The number of hydrogen-bond donors (Lipinski definition) is 3. The summed E-state index contributed by atoms with van der Waals surface area (Å²) in [6.45, 7) is 5.91. The maximum absolute atomic E-state index is 11.1. The number of hydrogen-bond acceptors (Lipinski definition) is 7. The Balaban J connectivity index is 3.66. The Morgan fingerprint density at radius 2 is 1.83 bits per heavy atom. The van der Waals surface area contributed by atoms with E-state index in [1.165, 1.54) is 0 Å². The number of carbonyl (C=O) groups is 1. The molecule has 0 aromatic heterocycles. The molecule has 0 spiro atoms. The fourth-order valence-electron chi connectivity index (χ4n) is 1.82. The molecule has 2 unspecified atom stereocenters. The highest BCUT2D eigenvalue weighted by Crippen LogP contribution is 2.10. The van der Waals surface area contributed by atoms with Crippen molar-refractivity contribution in [2.45, 2.75) is 44.8 Å². The first kappa shape index (κ1) is 22.0. The SMILES string of the molecule is C=C(C)C(=O)OCCCCCC(O)C(CO)OCCOCCO. The van der Waals surface area contributed by atoms with Crippen LogP contribution in [0.4, 0.5) is 0 Å². The van der Waals surface area contributed by atoms with Crippen LogP contribution in [0.1, 0.15) is 32.6 Å². The number of ether oxygens (including phenoxy) is 3. The van der Waals surface area contributed by atoms with Crippen LogP contribution < -0.4 is 0 Å². The summed E-state index contributed by atoms with van der Waals surface area (Å²) in [6.07, 6.45) is 1.36. The van der Waals surface area contributed by atoms with E-state index in [1.807, 2.05) is 0 Å². The number of rotatable bonds is 15. The van der Waals surface area contributed by atoms with Gasteiger partial charge in [0.25, 0.3) is 0 Å². The normalized spacial score (nSPS) is 13.6. The van der Waals surface area contributed by atoms with Gasteiger partial charge in [0.1, 0.15) is 6.10 Å². The standard InChI is InChI=1S/C16H30O7/c1-13(2)16(20)23-8-5-3-4-6-14(19)15(12-18)22-11-10-21-9-7-17/h14-15,17-19H,1,3-12H2,2H3. The van der Waals surface area contributed by atoms with E-state index in [1.54, 1.807) is 6.92 Å². The van der Waals surface area contributed by atoms with Crippen LogP contribution in [0, 0.1) is 0 Å². The molecule has 0 fully saturated rings. The molecule has 3 N–H and O–H groups in total. The molecule has 0 radical (unpaired) electrons. The Hall–Kier alpha value is -0.990. The first-order valence-corrected chi connectivity index (χ1v) is 7.94. The largest absolute Gasteiger partial charge is 0.462 e. The van der Waals surface area contributed by atoms with Crippen molar-refractivity contribution in [2.24, 2.45) is 0 Å². The molecule has 0 aromatic rings. The van der Waals surface area contributed by atoms with Gasteiger partial charge < -0.3 is 29.5 Å². The summed E-state index contributed by atoms with van der Waals surface area (Å²) in [5.41, 5.74) is 0.381. The highest BCUT2D eigenvalue weighted by Gasteiger charge is 2.18. The zero-order valence-corrected chi connectivity index (χ0v) is 13.9. The van der Waals surface area contributed by atoms with E-state index >= 15 is 0 Å². The molecule has 7 heteroatoms. The van der Waals surface area contributed by atoms with Crippen LogP contribution in [0.25, 0.3) is 0 Å². The average Bonchev–Trinajstić information content (AvgIpc) is 2.53.